The summed E-state index contributed by atoms with van der Waals surface area (Å²) < 4.78 is 12.2. The van der Waals surface area contributed by atoms with Gasteiger partial charge in [-0.05, 0) is 55.8 Å². The molecule has 2 heterocycles. The third kappa shape index (κ3) is 3.19. The number of nitrogens with one attached hydrogen (secondary N) is 2. The molecule has 1 aromatic heterocycles. The van der Waals surface area contributed by atoms with Crippen molar-refractivity contribution < 1.29 is 14.3 Å². The van der Waals surface area contributed by atoms with E-state index >= 15 is 0 Å². The number of nitrogens with zero attached hydrogens (tertiary/aromatic N) is 1. The Morgan fingerprint density at radius 1 is 1.15 bits per heavy atom. The minimum absolute atomic E-state index is 0.190. The molecule has 0 saturated carbocycles. The Balaban J connectivity index is 1.49. The van der Waals surface area contributed by atoms with Gasteiger partial charge >= 0.3 is 5.69 Å². The van der Waals surface area contributed by atoms with E-state index in [-0.39, 0.29) is 24.4 Å². The van der Waals surface area contributed by atoms with Gasteiger partial charge in [-0.3, -0.25) is 9.36 Å². The predicted octanol–water partition coefficient (Wildman–Crippen LogP) is 2.69. The van der Waals surface area contributed by atoms with Crippen LogP contribution in [-0.4, -0.2) is 22.3 Å². The molecule has 27 heavy (non-hydrogen) atoms. The summed E-state index contributed by atoms with van der Waals surface area (Å²) in [4.78, 5) is 27.0. The standard InChI is InChI=1S/C20H19N3O4/c1-12-10-21-20(25)23(12)16-6-3-14(4-7-16)19(24)22-13(2)15-5-8-17-18(9-15)27-11-26-17/h3-10,13H,11H2,1-2H3,(H,21,25)(H,22,24)/t13-/m1/s1. The van der Waals surface area contributed by atoms with Gasteiger partial charge in [0, 0.05) is 17.5 Å². The molecule has 0 unspecified atom stereocenters. The Kier molecular flexibility index (Phi) is 4.19. The van der Waals surface area contributed by atoms with E-state index in [1.54, 1.807) is 35.0 Å². The molecule has 0 spiro atoms. The summed E-state index contributed by atoms with van der Waals surface area (Å²) in [6.07, 6.45) is 1.65. The van der Waals surface area contributed by atoms with E-state index in [9.17, 15) is 9.59 Å². The number of benzene rings is 2. The van der Waals surface area contributed by atoms with Crippen molar-refractivity contribution >= 4 is 5.91 Å². The number of ether oxygens (including phenoxy) is 2. The number of H-pyrrole nitrogens is 1. The van der Waals surface area contributed by atoms with Crippen molar-refractivity contribution in [1.29, 1.82) is 0 Å². The summed E-state index contributed by atoms with van der Waals surface area (Å²) >= 11 is 0. The highest BCUT2D eigenvalue weighted by Crippen LogP contribution is 2.34. The maximum absolute atomic E-state index is 12.6. The van der Waals surface area contributed by atoms with Crippen LogP contribution in [0.15, 0.2) is 53.5 Å². The van der Waals surface area contributed by atoms with Crippen LogP contribution < -0.4 is 20.5 Å². The molecule has 0 fully saturated rings. The Hall–Kier alpha value is -3.48. The first kappa shape index (κ1) is 17.0. The van der Waals surface area contributed by atoms with Crippen LogP contribution in [0.4, 0.5) is 0 Å². The number of carbonyl (C=O) groups is 1. The number of hydrogen-bond donors (Lipinski definition) is 2. The summed E-state index contributed by atoms with van der Waals surface area (Å²) in [6.45, 7) is 3.97. The lowest BCUT2D eigenvalue weighted by atomic mass is 10.1. The van der Waals surface area contributed by atoms with Crippen LogP contribution in [0.5, 0.6) is 11.5 Å². The lowest BCUT2D eigenvalue weighted by Crippen LogP contribution is -2.26. The Labute approximate surface area is 155 Å². The Morgan fingerprint density at radius 3 is 2.59 bits per heavy atom. The van der Waals surface area contributed by atoms with E-state index < -0.39 is 0 Å². The topological polar surface area (TPSA) is 85.4 Å². The Bertz CT molecular complexity index is 1050. The van der Waals surface area contributed by atoms with E-state index in [0.717, 1.165) is 11.3 Å². The molecule has 0 saturated heterocycles. The van der Waals surface area contributed by atoms with Gasteiger partial charge < -0.3 is 19.8 Å². The monoisotopic (exact) mass is 365 g/mol. The zero-order valence-corrected chi connectivity index (χ0v) is 15.0. The van der Waals surface area contributed by atoms with Crippen LogP contribution in [0.1, 0.15) is 34.6 Å². The maximum Gasteiger partial charge on any atom is 0.330 e. The smallest absolute Gasteiger partial charge is 0.330 e. The lowest BCUT2D eigenvalue weighted by molar-refractivity contribution is 0.0940. The zero-order chi connectivity index (χ0) is 19.0. The van der Waals surface area contributed by atoms with Crippen LogP contribution in [0, 0.1) is 6.92 Å². The summed E-state index contributed by atoms with van der Waals surface area (Å²) in [7, 11) is 0. The second-order valence-electron chi connectivity index (χ2n) is 6.43. The van der Waals surface area contributed by atoms with Crippen LogP contribution >= 0.6 is 0 Å². The van der Waals surface area contributed by atoms with Crippen LogP contribution in [0.2, 0.25) is 0 Å². The fourth-order valence-corrected chi connectivity index (χ4v) is 3.08. The number of aromatic nitrogens is 2. The number of aromatic amines is 1. The number of imidazole rings is 1. The summed E-state index contributed by atoms with van der Waals surface area (Å²) in [5.74, 6) is 1.21. The number of fused-ring (bicyclic) bond motifs is 1. The second-order valence-corrected chi connectivity index (χ2v) is 6.43. The summed E-state index contributed by atoms with van der Waals surface area (Å²) in [5, 5.41) is 2.97. The quantitative estimate of drug-likeness (QED) is 0.744. The number of carbonyl (C=O) groups excluding carboxylic acids is 1. The molecule has 138 valence electrons. The summed E-state index contributed by atoms with van der Waals surface area (Å²) in [6, 6.07) is 12.3. The molecule has 0 aliphatic carbocycles. The minimum atomic E-state index is -0.207. The van der Waals surface area contributed by atoms with Gasteiger partial charge in [0.2, 0.25) is 6.79 Å². The average molecular weight is 365 g/mol. The van der Waals surface area contributed by atoms with Crippen molar-refractivity contribution in [1.82, 2.24) is 14.9 Å². The number of amides is 1. The second kappa shape index (κ2) is 6.68. The van der Waals surface area contributed by atoms with Gasteiger partial charge in [-0.25, -0.2) is 4.79 Å². The van der Waals surface area contributed by atoms with Crippen molar-refractivity contribution in [3.05, 3.63) is 76.0 Å². The molecular weight excluding hydrogens is 346 g/mol. The first-order valence-corrected chi connectivity index (χ1v) is 8.61. The molecule has 7 nitrogen and oxygen atoms in total. The Morgan fingerprint density at radius 2 is 1.89 bits per heavy atom. The van der Waals surface area contributed by atoms with Crippen molar-refractivity contribution in [3.63, 3.8) is 0 Å². The van der Waals surface area contributed by atoms with Gasteiger partial charge in [-0.15, -0.1) is 0 Å². The average Bonchev–Trinajstić information content (AvgIpc) is 3.27. The molecule has 1 aliphatic rings. The highest BCUT2D eigenvalue weighted by molar-refractivity contribution is 5.94. The number of rotatable bonds is 4. The first-order valence-electron chi connectivity index (χ1n) is 8.61. The molecule has 0 radical (unpaired) electrons. The third-order valence-corrected chi connectivity index (χ3v) is 4.59. The molecule has 7 heteroatoms. The van der Waals surface area contributed by atoms with Crippen molar-refractivity contribution in [2.75, 3.05) is 6.79 Å². The van der Waals surface area contributed by atoms with Gasteiger partial charge in [0.25, 0.3) is 5.91 Å². The molecule has 2 aromatic carbocycles. The zero-order valence-electron chi connectivity index (χ0n) is 15.0. The molecule has 1 amide bonds. The van der Waals surface area contributed by atoms with E-state index in [0.29, 0.717) is 22.7 Å². The van der Waals surface area contributed by atoms with E-state index in [1.165, 1.54) is 0 Å². The van der Waals surface area contributed by atoms with Gasteiger partial charge in [0.05, 0.1) is 11.7 Å². The molecule has 4 rings (SSSR count). The van der Waals surface area contributed by atoms with Gasteiger partial charge in [-0.1, -0.05) is 6.07 Å². The third-order valence-electron chi connectivity index (χ3n) is 4.59. The van der Waals surface area contributed by atoms with Crippen LogP contribution in [-0.2, 0) is 0 Å². The summed E-state index contributed by atoms with van der Waals surface area (Å²) in [5.41, 5.74) is 2.75. The first-order chi connectivity index (χ1) is 13.0. The number of aryl methyl sites for hydroxylation is 1. The molecular formula is C20H19N3O4. The highest BCUT2D eigenvalue weighted by atomic mass is 16.7. The fraction of sp³-hybridized carbons (Fsp3) is 0.200. The molecule has 1 atom stereocenters. The van der Waals surface area contributed by atoms with Crippen LogP contribution in [0.25, 0.3) is 5.69 Å². The molecule has 1 aliphatic heterocycles. The minimum Gasteiger partial charge on any atom is -0.454 e. The van der Waals surface area contributed by atoms with Gasteiger partial charge in [-0.2, -0.15) is 0 Å². The van der Waals surface area contributed by atoms with E-state index in [1.807, 2.05) is 32.0 Å². The molecule has 3 aromatic rings. The predicted molar refractivity (Wildman–Crippen MR) is 99.6 cm³/mol. The lowest BCUT2D eigenvalue weighted by Gasteiger charge is -2.15. The molecule has 2 N–H and O–H groups in total. The van der Waals surface area contributed by atoms with E-state index in [4.69, 9.17) is 9.47 Å². The molecule has 0 bridgehead atoms. The highest BCUT2D eigenvalue weighted by Gasteiger charge is 2.17. The normalized spacial score (nSPS) is 13.4. The maximum atomic E-state index is 12.6. The van der Waals surface area contributed by atoms with Crippen LogP contribution in [0.3, 0.4) is 0 Å². The SMILES string of the molecule is Cc1c[nH]c(=O)n1-c1ccc(C(=O)N[C@H](C)c2ccc3c(c2)OCO3)cc1. The fourth-order valence-electron chi connectivity index (χ4n) is 3.08. The van der Waals surface area contributed by atoms with Crippen molar-refractivity contribution in [2.24, 2.45) is 0 Å². The van der Waals surface area contributed by atoms with Gasteiger partial charge in [0.15, 0.2) is 11.5 Å². The largest absolute Gasteiger partial charge is 0.454 e. The van der Waals surface area contributed by atoms with Crippen molar-refractivity contribution in [3.8, 4) is 17.2 Å². The van der Waals surface area contributed by atoms with Crippen molar-refractivity contribution in [2.45, 2.75) is 19.9 Å². The van der Waals surface area contributed by atoms with E-state index in [2.05, 4.69) is 10.3 Å². The number of hydrogen-bond acceptors (Lipinski definition) is 4. The van der Waals surface area contributed by atoms with Gasteiger partial charge in [0.1, 0.15) is 0 Å².